The second kappa shape index (κ2) is 8.47. The van der Waals surface area contributed by atoms with E-state index in [1.807, 2.05) is 31.2 Å². The van der Waals surface area contributed by atoms with E-state index >= 15 is 0 Å². The molecule has 1 aliphatic heterocycles. The number of carbonyl (C=O) groups excluding carboxylic acids is 1. The molecule has 3 rings (SSSR count). The summed E-state index contributed by atoms with van der Waals surface area (Å²) in [4.78, 5) is 14.5. The summed E-state index contributed by atoms with van der Waals surface area (Å²) >= 11 is 0. The molecular formula is C20H27N3O3. The minimum atomic E-state index is -1.33. The Balaban J connectivity index is 1.47. The highest BCUT2D eigenvalue weighted by molar-refractivity contribution is 5.86. The van der Waals surface area contributed by atoms with Crippen molar-refractivity contribution < 1.29 is 14.4 Å². The number of nitrogens with one attached hydrogen (secondary N) is 1. The van der Waals surface area contributed by atoms with Gasteiger partial charge < -0.3 is 19.8 Å². The molecule has 1 aliphatic rings. The van der Waals surface area contributed by atoms with Gasteiger partial charge in [-0.15, -0.1) is 0 Å². The van der Waals surface area contributed by atoms with Gasteiger partial charge in [-0.3, -0.25) is 4.79 Å². The first-order chi connectivity index (χ1) is 12.6. The van der Waals surface area contributed by atoms with Crippen LogP contribution in [0.1, 0.15) is 36.3 Å². The molecule has 1 aromatic carbocycles. The number of rotatable bonds is 8. The molecule has 2 aromatic rings. The van der Waals surface area contributed by atoms with E-state index in [2.05, 4.69) is 22.6 Å². The normalized spacial score (nSPS) is 20.5. The van der Waals surface area contributed by atoms with Gasteiger partial charge in [0.05, 0.1) is 12.2 Å². The summed E-state index contributed by atoms with van der Waals surface area (Å²) in [6.07, 6.45) is 3.14. The van der Waals surface area contributed by atoms with Crippen molar-refractivity contribution in [3.8, 4) is 0 Å². The number of amides is 1. The van der Waals surface area contributed by atoms with Crippen molar-refractivity contribution in [2.24, 2.45) is 0 Å². The van der Waals surface area contributed by atoms with Gasteiger partial charge in [-0.05, 0) is 38.2 Å². The summed E-state index contributed by atoms with van der Waals surface area (Å²) in [5.41, 5.74) is 0.759. The van der Waals surface area contributed by atoms with E-state index in [0.717, 1.165) is 31.5 Å². The number of aliphatic hydroxyl groups is 1. The molecule has 0 unspecified atom stereocenters. The van der Waals surface area contributed by atoms with Crippen molar-refractivity contribution in [1.82, 2.24) is 15.4 Å². The van der Waals surface area contributed by atoms with Crippen LogP contribution in [0.2, 0.25) is 0 Å². The molecule has 140 valence electrons. The standard InChI is InChI=1S/C20H27N3O3/c1-16-13-18(26-22-16)14-21-15-20(25)10-6-12-23(19(20)24)11-5-9-17-7-3-2-4-8-17/h2-4,7-8,13,21,25H,5-6,9-12,14-15H2,1H3/t20-/m1/s1. The molecule has 1 fully saturated rings. The molecular weight excluding hydrogens is 330 g/mol. The fourth-order valence-electron chi connectivity index (χ4n) is 3.45. The maximum absolute atomic E-state index is 12.7. The fraction of sp³-hybridized carbons (Fsp3) is 0.500. The number of hydrogen-bond donors (Lipinski definition) is 2. The van der Waals surface area contributed by atoms with E-state index < -0.39 is 5.60 Å². The number of likely N-dealkylation sites (tertiary alicyclic amines) is 1. The molecule has 2 heterocycles. The highest BCUT2D eigenvalue weighted by Gasteiger charge is 2.41. The van der Waals surface area contributed by atoms with Crippen molar-refractivity contribution in [2.75, 3.05) is 19.6 Å². The number of aryl methyl sites for hydroxylation is 2. The van der Waals surface area contributed by atoms with Crippen LogP contribution in [0.25, 0.3) is 0 Å². The summed E-state index contributed by atoms with van der Waals surface area (Å²) in [5.74, 6) is 0.534. The average Bonchev–Trinajstić information content (AvgIpc) is 3.05. The topological polar surface area (TPSA) is 78.6 Å². The van der Waals surface area contributed by atoms with Crippen LogP contribution in [0.15, 0.2) is 40.9 Å². The van der Waals surface area contributed by atoms with E-state index in [-0.39, 0.29) is 12.5 Å². The van der Waals surface area contributed by atoms with Crippen molar-refractivity contribution in [2.45, 2.75) is 44.8 Å². The molecule has 26 heavy (non-hydrogen) atoms. The zero-order valence-electron chi connectivity index (χ0n) is 15.3. The van der Waals surface area contributed by atoms with Crippen LogP contribution in [0.3, 0.4) is 0 Å². The predicted octanol–water partition coefficient (Wildman–Crippen LogP) is 2.06. The second-order valence-corrected chi connectivity index (χ2v) is 7.05. The van der Waals surface area contributed by atoms with Crippen LogP contribution in [0.5, 0.6) is 0 Å². The van der Waals surface area contributed by atoms with E-state index in [1.54, 1.807) is 4.90 Å². The van der Waals surface area contributed by atoms with Gasteiger partial charge in [-0.2, -0.15) is 0 Å². The van der Waals surface area contributed by atoms with Crippen LogP contribution >= 0.6 is 0 Å². The third-order valence-corrected chi connectivity index (χ3v) is 4.83. The highest BCUT2D eigenvalue weighted by atomic mass is 16.5. The van der Waals surface area contributed by atoms with E-state index in [4.69, 9.17) is 4.52 Å². The molecule has 1 saturated heterocycles. The number of carbonyl (C=O) groups is 1. The Morgan fingerprint density at radius 3 is 2.88 bits per heavy atom. The molecule has 2 N–H and O–H groups in total. The summed E-state index contributed by atoms with van der Waals surface area (Å²) in [5, 5.41) is 17.8. The van der Waals surface area contributed by atoms with Gasteiger partial charge in [0.25, 0.3) is 5.91 Å². The SMILES string of the molecule is Cc1cc(CNC[C@]2(O)CCCN(CCCc3ccccc3)C2=O)on1. The van der Waals surface area contributed by atoms with Gasteiger partial charge in [0.15, 0.2) is 11.4 Å². The van der Waals surface area contributed by atoms with Crippen LogP contribution in [0.4, 0.5) is 0 Å². The summed E-state index contributed by atoms with van der Waals surface area (Å²) in [7, 11) is 0. The van der Waals surface area contributed by atoms with Gasteiger partial charge in [0.2, 0.25) is 0 Å². The predicted molar refractivity (Wildman–Crippen MR) is 98.5 cm³/mol. The molecule has 0 spiro atoms. The minimum absolute atomic E-state index is 0.168. The maximum atomic E-state index is 12.7. The zero-order chi connectivity index (χ0) is 18.4. The number of nitrogens with zero attached hydrogens (tertiary/aromatic N) is 2. The first kappa shape index (κ1) is 18.6. The van der Waals surface area contributed by atoms with Crippen LogP contribution in [-0.4, -0.2) is 46.3 Å². The lowest BCUT2D eigenvalue weighted by atomic mass is 9.91. The van der Waals surface area contributed by atoms with Crippen molar-refractivity contribution in [1.29, 1.82) is 0 Å². The quantitative estimate of drug-likeness (QED) is 0.756. The Labute approximate surface area is 154 Å². The molecule has 1 atom stereocenters. The zero-order valence-corrected chi connectivity index (χ0v) is 15.3. The van der Waals surface area contributed by atoms with Crippen molar-refractivity contribution in [3.05, 3.63) is 53.4 Å². The van der Waals surface area contributed by atoms with Crippen molar-refractivity contribution in [3.63, 3.8) is 0 Å². The molecule has 6 nitrogen and oxygen atoms in total. The minimum Gasteiger partial charge on any atom is -0.379 e. The third kappa shape index (κ3) is 4.71. The summed E-state index contributed by atoms with van der Waals surface area (Å²) in [6, 6.07) is 12.1. The molecule has 6 heteroatoms. The molecule has 0 bridgehead atoms. The van der Waals surface area contributed by atoms with Crippen LogP contribution in [0, 0.1) is 6.92 Å². The van der Waals surface area contributed by atoms with Gasteiger partial charge in [-0.1, -0.05) is 35.5 Å². The van der Waals surface area contributed by atoms with E-state index in [0.29, 0.717) is 25.3 Å². The number of benzene rings is 1. The van der Waals surface area contributed by atoms with E-state index in [9.17, 15) is 9.90 Å². The van der Waals surface area contributed by atoms with Gasteiger partial charge in [0, 0.05) is 25.7 Å². The molecule has 1 aromatic heterocycles. The smallest absolute Gasteiger partial charge is 0.255 e. The first-order valence-corrected chi connectivity index (χ1v) is 9.25. The van der Waals surface area contributed by atoms with Crippen LogP contribution < -0.4 is 5.32 Å². The Bertz CT molecular complexity index is 716. The Hall–Kier alpha value is -2.18. The van der Waals surface area contributed by atoms with Gasteiger partial charge in [0.1, 0.15) is 0 Å². The molecule has 0 radical (unpaired) electrons. The summed E-state index contributed by atoms with van der Waals surface area (Å²) < 4.78 is 5.14. The van der Waals surface area contributed by atoms with Gasteiger partial charge in [-0.25, -0.2) is 0 Å². The Kier molecular flexibility index (Phi) is 6.06. The largest absolute Gasteiger partial charge is 0.379 e. The highest BCUT2D eigenvalue weighted by Crippen LogP contribution is 2.23. The van der Waals surface area contributed by atoms with E-state index in [1.165, 1.54) is 5.56 Å². The monoisotopic (exact) mass is 357 g/mol. The van der Waals surface area contributed by atoms with Crippen molar-refractivity contribution >= 4 is 5.91 Å². The van der Waals surface area contributed by atoms with Crippen LogP contribution in [-0.2, 0) is 17.8 Å². The average molecular weight is 357 g/mol. The number of aromatic nitrogens is 1. The third-order valence-electron chi connectivity index (χ3n) is 4.83. The Morgan fingerprint density at radius 2 is 2.15 bits per heavy atom. The molecule has 0 saturated carbocycles. The lowest BCUT2D eigenvalue weighted by Gasteiger charge is -2.38. The molecule has 0 aliphatic carbocycles. The number of hydrogen-bond acceptors (Lipinski definition) is 5. The lowest BCUT2D eigenvalue weighted by Crippen LogP contribution is -2.58. The summed E-state index contributed by atoms with van der Waals surface area (Å²) in [6.45, 7) is 3.93. The lowest BCUT2D eigenvalue weighted by molar-refractivity contribution is -0.156. The first-order valence-electron chi connectivity index (χ1n) is 9.25. The number of piperidine rings is 1. The van der Waals surface area contributed by atoms with Gasteiger partial charge >= 0.3 is 0 Å². The Morgan fingerprint density at radius 1 is 1.35 bits per heavy atom. The fourth-order valence-corrected chi connectivity index (χ4v) is 3.45. The molecule has 1 amide bonds. The maximum Gasteiger partial charge on any atom is 0.255 e. The second-order valence-electron chi connectivity index (χ2n) is 7.05.